The van der Waals surface area contributed by atoms with Gasteiger partial charge in [0.1, 0.15) is 5.76 Å². The van der Waals surface area contributed by atoms with Crippen molar-refractivity contribution in [3.8, 4) is 0 Å². The van der Waals surface area contributed by atoms with Gasteiger partial charge in [-0.1, -0.05) is 12.2 Å². The molecule has 0 aromatic carbocycles. The Morgan fingerprint density at radius 3 is 2.62 bits per heavy atom. The van der Waals surface area contributed by atoms with Gasteiger partial charge in [-0.2, -0.15) is 0 Å². The number of furan rings is 1. The molecule has 1 aromatic rings. The Balaban J connectivity index is 2.63. The third-order valence-corrected chi connectivity index (χ3v) is 2.35. The molecule has 0 amide bonds. The summed E-state index contributed by atoms with van der Waals surface area (Å²) in [6, 6.07) is 2.01. The first-order valence-electron chi connectivity index (χ1n) is 5.45. The predicted molar refractivity (Wildman–Crippen MR) is 67.1 cm³/mol. The molecule has 3 nitrogen and oxygen atoms in total. The molecule has 0 spiro atoms. The lowest BCUT2D eigenvalue weighted by atomic mass is 10.2. The predicted octanol–water partition coefficient (Wildman–Crippen LogP) is 2.17. The highest BCUT2D eigenvalue weighted by Crippen LogP contribution is 2.13. The average molecular weight is 220 g/mol. The maximum Gasteiger partial charge on any atom is 0.122 e. The van der Waals surface area contributed by atoms with Crippen molar-refractivity contribution < 1.29 is 4.42 Å². The molecule has 1 N–H and O–H groups in total. The second-order valence-electron chi connectivity index (χ2n) is 3.67. The standard InChI is InChI=1S/C13H20N2O/c1-4-7-15(8-5-2)11-13-12(10-14-3)6-9-16-13/h4-6,9,14H,1-2,7-8,10-11H2,3H3. The summed E-state index contributed by atoms with van der Waals surface area (Å²) in [5, 5.41) is 3.13. The van der Waals surface area contributed by atoms with E-state index >= 15 is 0 Å². The van der Waals surface area contributed by atoms with E-state index in [1.165, 1.54) is 5.56 Å². The second kappa shape index (κ2) is 7.04. The van der Waals surface area contributed by atoms with Crippen LogP contribution in [0.2, 0.25) is 0 Å². The van der Waals surface area contributed by atoms with Crippen molar-refractivity contribution in [2.75, 3.05) is 20.1 Å². The first-order valence-corrected chi connectivity index (χ1v) is 5.45. The van der Waals surface area contributed by atoms with Crippen molar-refractivity contribution in [3.63, 3.8) is 0 Å². The molecule has 3 heteroatoms. The van der Waals surface area contributed by atoms with Crippen LogP contribution in [0.25, 0.3) is 0 Å². The van der Waals surface area contributed by atoms with Gasteiger partial charge in [-0.05, 0) is 13.1 Å². The highest BCUT2D eigenvalue weighted by molar-refractivity contribution is 5.16. The Morgan fingerprint density at radius 1 is 1.38 bits per heavy atom. The van der Waals surface area contributed by atoms with Gasteiger partial charge in [0.15, 0.2) is 0 Å². The molecule has 0 aliphatic heterocycles. The van der Waals surface area contributed by atoms with E-state index in [1.54, 1.807) is 6.26 Å². The van der Waals surface area contributed by atoms with Crippen LogP contribution in [0, 0.1) is 0 Å². The van der Waals surface area contributed by atoms with Crippen LogP contribution in [0.4, 0.5) is 0 Å². The summed E-state index contributed by atoms with van der Waals surface area (Å²) in [5.41, 5.74) is 1.21. The fourth-order valence-electron chi connectivity index (χ4n) is 1.63. The zero-order chi connectivity index (χ0) is 11.8. The minimum absolute atomic E-state index is 0.794. The summed E-state index contributed by atoms with van der Waals surface area (Å²) in [6.07, 6.45) is 5.52. The zero-order valence-corrected chi connectivity index (χ0v) is 9.91. The Labute approximate surface area is 97.4 Å². The van der Waals surface area contributed by atoms with E-state index in [4.69, 9.17) is 4.42 Å². The molecule has 0 atom stereocenters. The number of hydrogen-bond donors (Lipinski definition) is 1. The van der Waals surface area contributed by atoms with Gasteiger partial charge in [-0.3, -0.25) is 4.90 Å². The Bertz CT molecular complexity index is 320. The largest absolute Gasteiger partial charge is 0.468 e. The smallest absolute Gasteiger partial charge is 0.122 e. The molecule has 0 unspecified atom stereocenters. The number of nitrogens with zero attached hydrogens (tertiary/aromatic N) is 1. The minimum Gasteiger partial charge on any atom is -0.468 e. The molecule has 0 aliphatic carbocycles. The summed E-state index contributed by atoms with van der Waals surface area (Å²) < 4.78 is 5.49. The first-order chi connectivity index (χ1) is 7.81. The van der Waals surface area contributed by atoms with E-state index in [-0.39, 0.29) is 0 Å². The lowest BCUT2D eigenvalue weighted by Crippen LogP contribution is -2.24. The Kier molecular flexibility index (Phi) is 5.61. The van der Waals surface area contributed by atoms with E-state index < -0.39 is 0 Å². The van der Waals surface area contributed by atoms with Gasteiger partial charge in [0, 0.05) is 25.2 Å². The monoisotopic (exact) mass is 220 g/mol. The van der Waals surface area contributed by atoms with Crippen LogP contribution in [-0.4, -0.2) is 25.0 Å². The van der Waals surface area contributed by atoms with E-state index in [1.807, 2.05) is 25.3 Å². The molecule has 0 saturated carbocycles. The summed E-state index contributed by atoms with van der Waals surface area (Å²) in [6.45, 7) is 10.8. The quantitative estimate of drug-likeness (QED) is 0.681. The lowest BCUT2D eigenvalue weighted by Gasteiger charge is -2.17. The highest BCUT2D eigenvalue weighted by atomic mass is 16.3. The van der Waals surface area contributed by atoms with Crippen molar-refractivity contribution in [1.82, 2.24) is 10.2 Å². The molecule has 0 aliphatic rings. The summed E-state index contributed by atoms with van der Waals surface area (Å²) in [7, 11) is 1.93. The average Bonchev–Trinajstić information content (AvgIpc) is 2.67. The van der Waals surface area contributed by atoms with E-state index in [0.29, 0.717) is 0 Å². The molecule has 1 rings (SSSR count). The van der Waals surface area contributed by atoms with Crippen molar-refractivity contribution >= 4 is 0 Å². The lowest BCUT2D eigenvalue weighted by molar-refractivity contribution is 0.293. The fourth-order valence-corrected chi connectivity index (χ4v) is 1.63. The molecule has 88 valence electrons. The maximum absolute atomic E-state index is 5.49. The first kappa shape index (κ1) is 12.7. The molecule has 0 bridgehead atoms. The van der Waals surface area contributed by atoms with Gasteiger partial charge in [0.05, 0.1) is 12.8 Å². The third kappa shape index (κ3) is 3.68. The minimum atomic E-state index is 0.794. The number of rotatable bonds is 8. The molecular formula is C13H20N2O. The van der Waals surface area contributed by atoms with E-state index in [0.717, 1.165) is 31.9 Å². The van der Waals surface area contributed by atoms with Crippen molar-refractivity contribution in [1.29, 1.82) is 0 Å². The highest BCUT2D eigenvalue weighted by Gasteiger charge is 2.09. The normalized spacial score (nSPS) is 10.6. The van der Waals surface area contributed by atoms with Crippen LogP contribution in [0.5, 0.6) is 0 Å². The molecule has 0 fully saturated rings. The van der Waals surface area contributed by atoms with Gasteiger partial charge in [0.2, 0.25) is 0 Å². The van der Waals surface area contributed by atoms with Gasteiger partial charge in [-0.25, -0.2) is 0 Å². The SMILES string of the molecule is C=CCN(CC=C)Cc1occc1CNC. The van der Waals surface area contributed by atoms with Crippen LogP contribution in [-0.2, 0) is 13.1 Å². The van der Waals surface area contributed by atoms with Gasteiger partial charge in [-0.15, -0.1) is 13.2 Å². The number of nitrogens with one attached hydrogen (secondary N) is 1. The van der Waals surface area contributed by atoms with Crippen molar-refractivity contribution in [2.45, 2.75) is 13.1 Å². The van der Waals surface area contributed by atoms with Crippen molar-refractivity contribution in [3.05, 3.63) is 49.0 Å². The van der Waals surface area contributed by atoms with Crippen LogP contribution in [0.15, 0.2) is 42.1 Å². The van der Waals surface area contributed by atoms with Crippen molar-refractivity contribution in [2.24, 2.45) is 0 Å². The van der Waals surface area contributed by atoms with Crippen LogP contribution in [0.3, 0.4) is 0 Å². The summed E-state index contributed by atoms with van der Waals surface area (Å²) >= 11 is 0. The zero-order valence-electron chi connectivity index (χ0n) is 9.91. The number of hydrogen-bond acceptors (Lipinski definition) is 3. The van der Waals surface area contributed by atoms with Gasteiger partial charge >= 0.3 is 0 Å². The summed E-state index contributed by atoms with van der Waals surface area (Å²) in [4.78, 5) is 2.22. The Morgan fingerprint density at radius 2 is 2.06 bits per heavy atom. The molecule has 1 aromatic heterocycles. The topological polar surface area (TPSA) is 28.4 Å². The molecule has 1 heterocycles. The van der Waals surface area contributed by atoms with E-state index in [2.05, 4.69) is 23.4 Å². The maximum atomic E-state index is 5.49. The molecule has 0 radical (unpaired) electrons. The van der Waals surface area contributed by atoms with Gasteiger partial charge in [0.25, 0.3) is 0 Å². The molecular weight excluding hydrogens is 200 g/mol. The van der Waals surface area contributed by atoms with Crippen LogP contribution < -0.4 is 5.32 Å². The third-order valence-electron chi connectivity index (χ3n) is 2.35. The fraction of sp³-hybridized carbons (Fsp3) is 0.385. The second-order valence-corrected chi connectivity index (χ2v) is 3.67. The van der Waals surface area contributed by atoms with Gasteiger partial charge < -0.3 is 9.73 Å². The van der Waals surface area contributed by atoms with E-state index in [9.17, 15) is 0 Å². The molecule has 16 heavy (non-hydrogen) atoms. The van der Waals surface area contributed by atoms with Crippen LogP contribution in [0.1, 0.15) is 11.3 Å². The van der Waals surface area contributed by atoms with Crippen LogP contribution >= 0.6 is 0 Å². The molecule has 0 saturated heterocycles. The Hall–Kier alpha value is -1.32. The summed E-state index contributed by atoms with van der Waals surface area (Å²) in [5.74, 6) is 1.01.